The Morgan fingerprint density at radius 3 is 2.62 bits per heavy atom. The van der Waals surface area contributed by atoms with Crippen LogP contribution in [0.25, 0.3) is 11.3 Å². The number of pyridine rings is 1. The minimum atomic E-state index is 0.0601. The van der Waals surface area contributed by atoms with E-state index in [9.17, 15) is 10.4 Å². The molecular formula is C28H32N4O2. The lowest BCUT2D eigenvalue weighted by atomic mass is 9.87. The largest absolute Gasteiger partial charge is 0.507 e. The fourth-order valence-corrected chi connectivity index (χ4v) is 4.43. The molecule has 1 atom stereocenters. The number of piperidine rings is 1. The molecule has 1 unspecified atom stereocenters. The number of phenols is 1. The zero-order valence-corrected chi connectivity index (χ0v) is 20.1. The Morgan fingerprint density at radius 2 is 1.97 bits per heavy atom. The van der Waals surface area contributed by atoms with E-state index in [1.807, 2.05) is 12.1 Å². The van der Waals surface area contributed by atoms with Crippen LogP contribution in [-0.4, -0.2) is 23.2 Å². The summed E-state index contributed by atoms with van der Waals surface area (Å²) in [5, 5.41) is 23.9. The number of ether oxygens (including phenoxy) is 1. The van der Waals surface area contributed by atoms with Crippen molar-refractivity contribution in [1.82, 2.24) is 10.3 Å². The molecule has 0 spiro atoms. The number of hydrogen-bond donors (Lipinski definition) is 3. The quantitative estimate of drug-likeness (QED) is 0.484. The molecule has 1 aliphatic heterocycles. The predicted octanol–water partition coefficient (Wildman–Crippen LogP) is 5.25. The van der Waals surface area contributed by atoms with Crippen LogP contribution >= 0.6 is 0 Å². The van der Waals surface area contributed by atoms with Crippen LogP contribution < -0.4 is 15.8 Å². The topological polar surface area (TPSA) is 104 Å². The maximum Gasteiger partial charge on any atom is 0.142 e. The third-order valence-electron chi connectivity index (χ3n) is 6.40. The van der Waals surface area contributed by atoms with Crippen LogP contribution in [0.5, 0.6) is 11.5 Å². The fourth-order valence-electron chi connectivity index (χ4n) is 4.43. The summed E-state index contributed by atoms with van der Waals surface area (Å²) in [6.45, 7) is 8.67. The number of nitriles is 1. The highest BCUT2D eigenvalue weighted by atomic mass is 16.5. The summed E-state index contributed by atoms with van der Waals surface area (Å²) >= 11 is 0. The van der Waals surface area contributed by atoms with Gasteiger partial charge in [0.15, 0.2) is 0 Å². The molecule has 0 amide bonds. The van der Waals surface area contributed by atoms with Gasteiger partial charge in [-0.05, 0) is 65.6 Å². The summed E-state index contributed by atoms with van der Waals surface area (Å²) in [5.41, 5.74) is 10.9. The molecule has 4 rings (SSSR count). The highest BCUT2D eigenvalue weighted by Gasteiger charge is 2.24. The van der Waals surface area contributed by atoms with Crippen LogP contribution in [0.4, 0.5) is 5.82 Å². The first-order valence-electron chi connectivity index (χ1n) is 11.7. The van der Waals surface area contributed by atoms with Crippen molar-refractivity contribution in [3.05, 3.63) is 70.8 Å². The van der Waals surface area contributed by atoms with Gasteiger partial charge in [-0.2, -0.15) is 5.26 Å². The number of aromatic nitrogens is 1. The van der Waals surface area contributed by atoms with Gasteiger partial charge in [0.05, 0.1) is 16.8 Å². The number of phenolic OH excluding ortho intramolecular Hbond substituents is 1. The first-order chi connectivity index (χ1) is 16.3. The molecule has 0 bridgehead atoms. The van der Waals surface area contributed by atoms with Crippen molar-refractivity contribution in [1.29, 1.82) is 5.26 Å². The Bertz CT molecular complexity index is 1200. The molecule has 0 saturated carbocycles. The highest BCUT2D eigenvalue weighted by molar-refractivity contribution is 5.76. The Hall–Kier alpha value is -3.56. The molecule has 2 aromatic carbocycles. The molecule has 0 aliphatic carbocycles. The van der Waals surface area contributed by atoms with E-state index in [1.54, 1.807) is 12.1 Å². The summed E-state index contributed by atoms with van der Waals surface area (Å²) in [5.74, 6) is 0.922. The van der Waals surface area contributed by atoms with Crippen molar-refractivity contribution < 1.29 is 9.84 Å². The normalized spacial score (nSPS) is 16.1. The second-order valence-corrected chi connectivity index (χ2v) is 9.90. The molecule has 34 heavy (non-hydrogen) atoms. The first-order valence-corrected chi connectivity index (χ1v) is 11.7. The number of nitrogens with two attached hydrogens (primary N) is 1. The molecule has 1 saturated heterocycles. The van der Waals surface area contributed by atoms with Crippen molar-refractivity contribution in [2.24, 2.45) is 0 Å². The summed E-state index contributed by atoms with van der Waals surface area (Å²) in [7, 11) is 0. The van der Waals surface area contributed by atoms with E-state index >= 15 is 0 Å². The van der Waals surface area contributed by atoms with Crippen molar-refractivity contribution in [2.75, 3.05) is 18.8 Å². The van der Waals surface area contributed by atoms with Gasteiger partial charge in [-0.15, -0.1) is 0 Å². The maximum atomic E-state index is 10.7. The Morgan fingerprint density at radius 1 is 1.21 bits per heavy atom. The molecule has 1 aliphatic rings. The molecule has 1 fully saturated rings. The molecule has 0 radical (unpaired) electrons. The number of hydrogen-bond acceptors (Lipinski definition) is 6. The van der Waals surface area contributed by atoms with Crippen molar-refractivity contribution in [2.45, 2.75) is 51.6 Å². The van der Waals surface area contributed by atoms with E-state index in [0.717, 1.165) is 37.1 Å². The second kappa shape index (κ2) is 9.74. The number of nitrogens with one attached hydrogen (secondary N) is 1. The van der Waals surface area contributed by atoms with E-state index < -0.39 is 0 Å². The van der Waals surface area contributed by atoms with Gasteiger partial charge in [-0.1, -0.05) is 51.1 Å². The molecule has 6 nitrogen and oxygen atoms in total. The average molecular weight is 457 g/mol. The monoisotopic (exact) mass is 456 g/mol. The molecule has 176 valence electrons. The zero-order chi connectivity index (χ0) is 24.3. The Balaban J connectivity index is 1.67. The molecule has 4 N–H and O–H groups in total. The summed E-state index contributed by atoms with van der Waals surface area (Å²) in [4.78, 5) is 4.48. The van der Waals surface area contributed by atoms with E-state index in [2.05, 4.69) is 61.4 Å². The average Bonchev–Trinajstić information content (AvgIpc) is 2.82. The van der Waals surface area contributed by atoms with Gasteiger partial charge in [-0.3, -0.25) is 0 Å². The standard InChI is InChI=1S/C28H32N4O2/c1-28(2,3)20-11-9-18(10-12-20)17-34-25-8-4-7-24(33)26(25)23-14-21(19-6-5-13-31-16-19)22(15-29)27(30)32-23/h4,7-12,14,19,31,33H,5-6,13,16-17H2,1-3H3,(H2,30,32). The maximum absolute atomic E-state index is 10.7. The van der Waals surface area contributed by atoms with Gasteiger partial charge in [0.25, 0.3) is 0 Å². The smallest absolute Gasteiger partial charge is 0.142 e. The van der Waals surface area contributed by atoms with E-state index in [0.29, 0.717) is 29.2 Å². The summed E-state index contributed by atoms with van der Waals surface area (Å²) < 4.78 is 6.15. The van der Waals surface area contributed by atoms with Crippen LogP contribution in [0.3, 0.4) is 0 Å². The van der Waals surface area contributed by atoms with Crippen LogP contribution in [0.1, 0.15) is 61.8 Å². The number of anilines is 1. The number of rotatable bonds is 5. The van der Waals surface area contributed by atoms with Gasteiger partial charge in [0.2, 0.25) is 0 Å². The predicted molar refractivity (Wildman–Crippen MR) is 135 cm³/mol. The third-order valence-corrected chi connectivity index (χ3v) is 6.40. The lowest BCUT2D eigenvalue weighted by Gasteiger charge is -2.25. The van der Waals surface area contributed by atoms with Gasteiger partial charge >= 0.3 is 0 Å². The van der Waals surface area contributed by atoms with Crippen LogP contribution in [0.2, 0.25) is 0 Å². The summed E-state index contributed by atoms with van der Waals surface area (Å²) in [6, 6.07) is 17.6. The Kier molecular flexibility index (Phi) is 6.76. The number of benzene rings is 2. The second-order valence-electron chi connectivity index (χ2n) is 9.90. The number of nitrogen functional groups attached to an aromatic ring is 1. The van der Waals surface area contributed by atoms with Gasteiger partial charge in [0, 0.05) is 6.54 Å². The van der Waals surface area contributed by atoms with Crippen LogP contribution in [-0.2, 0) is 12.0 Å². The van der Waals surface area contributed by atoms with Gasteiger partial charge in [-0.25, -0.2) is 4.98 Å². The minimum absolute atomic E-state index is 0.0601. The lowest BCUT2D eigenvalue weighted by molar-refractivity contribution is 0.306. The third kappa shape index (κ3) is 5.00. The highest BCUT2D eigenvalue weighted by Crippen LogP contribution is 2.40. The van der Waals surface area contributed by atoms with Gasteiger partial charge < -0.3 is 20.9 Å². The zero-order valence-electron chi connectivity index (χ0n) is 20.1. The van der Waals surface area contributed by atoms with E-state index in [-0.39, 0.29) is 22.9 Å². The van der Waals surface area contributed by atoms with Crippen molar-refractivity contribution >= 4 is 5.82 Å². The molecule has 3 aromatic rings. The number of aromatic hydroxyl groups is 1. The molecule has 6 heteroatoms. The van der Waals surface area contributed by atoms with Crippen molar-refractivity contribution in [3.8, 4) is 28.8 Å². The number of nitrogens with zero attached hydrogens (tertiary/aromatic N) is 2. The summed E-state index contributed by atoms with van der Waals surface area (Å²) in [6.07, 6.45) is 2.01. The van der Waals surface area contributed by atoms with Crippen LogP contribution in [0, 0.1) is 11.3 Å². The van der Waals surface area contributed by atoms with Gasteiger partial charge in [0.1, 0.15) is 30.0 Å². The SMILES string of the molecule is CC(C)(C)c1ccc(COc2cccc(O)c2-c2cc(C3CCCNC3)c(C#N)c(N)n2)cc1. The van der Waals surface area contributed by atoms with E-state index in [1.165, 1.54) is 5.56 Å². The lowest BCUT2D eigenvalue weighted by Crippen LogP contribution is -2.29. The molecule has 1 aromatic heterocycles. The molecular weight excluding hydrogens is 424 g/mol. The Labute approximate surface area is 201 Å². The minimum Gasteiger partial charge on any atom is -0.507 e. The van der Waals surface area contributed by atoms with Crippen molar-refractivity contribution in [3.63, 3.8) is 0 Å². The molecule has 2 heterocycles. The first kappa shape index (κ1) is 23.6. The fraction of sp³-hybridized carbons (Fsp3) is 0.357. The van der Waals surface area contributed by atoms with Crippen LogP contribution in [0.15, 0.2) is 48.5 Å². The van der Waals surface area contributed by atoms with E-state index in [4.69, 9.17) is 10.5 Å².